The first-order chi connectivity index (χ1) is 8.49. The molecular formula is C13H14ClN3O. The van der Waals surface area contributed by atoms with E-state index in [0.29, 0.717) is 10.6 Å². The van der Waals surface area contributed by atoms with Gasteiger partial charge in [0.2, 0.25) is 0 Å². The van der Waals surface area contributed by atoms with Gasteiger partial charge in [0.15, 0.2) is 5.78 Å². The van der Waals surface area contributed by atoms with Crippen molar-refractivity contribution in [3.63, 3.8) is 0 Å². The summed E-state index contributed by atoms with van der Waals surface area (Å²) in [6.07, 6.45) is 3.53. The van der Waals surface area contributed by atoms with Crippen LogP contribution in [0.3, 0.4) is 0 Å². The Balaban J connectivity index is 2.27. The van der Waals surface area contributed by atoms with E-state index in [9.17, 15) is 4.79 Å². The van der Waals surface area contributed by atoms with Crippen molar-refractivity contribution in [2.75, 3.05) is 0 Å². The highest BCUT2D eigenvalue weighted by Crippen LogP contribution is 2.21. The highest BCUT2D eigenvalue weighted by atomic mass is 35.5. The maximum Gasteiger partial charge on any atom is 0.170 e. The number of ketones is 1. The van der Waals surface area contributed by atoms with Gasteiger partial charge in [0.25, 0.3) is 0 Å². The van der Waals surface area contributed by atoms with Crippen LogP contribution < -0.4 is 0 Å². The lowest BCUT2D eigenvalue weighted by Crippen LogP contribution is -2.08. The second kappa shape index (κ2) is 4.90. The Morgan fingerprint density at radius 1 is 1.39 bits per heavy atom. The largest absolute Gasteiger partial charge is 0.294 e. The minimum atomic E-state index is -0.00361. The average molecular weight is 264 g/mol. The Morgan fingerprint density at radius 2 is 2.11 bits per heavy atom. The smallest absolute Gasteiger partial charge is 0.170 e. The summed E-state index contributed by atoms with van der Waals surface area (Å²) in [5.41, 5.74) is 3.04. The molecule has 0 amide bonds. The minimum absolute atomic E-state index is 0.00361. The Hall–Kier alpha value is -1.68. The van der Waals surface area contributed by atoms with Crippen LogP contribution in [0.15, 0.2) is 18.5 Å². The van der Waals surface area contributed by atoms with Crippen LogP contribution in [-0.2, 0) is 13.5 Å². The van der Waals surface area contributed by atoms with Gasteiger partial charge in [0.05, 0.1) is 22.8 Å². The second-order valence-electron chi connectivity index (χ2n) is 4.32. The Labute approximate surface area is 111 Å². The fraction of sp³-hybridized carbons (Fsp3) is 0.308. The number of rotatable bonds is 3. The van der Waals surface area contributed by atoms with Gasteiger partial charge in [-0.2, -0.15) is 5.10 Å². The summed E-state index contributed by atoms with van der Waals surface area (Å²) in [5, 5.41) is 4.75. The predicted molar refractivity (Wildman–Crippen MR) is 70.0 cm³/mol. The van der Waals surface area contributed by atoms with Gasteiger partial charge in [-0.25, -0.2) is 0 Å². The molecule has 0 saturated carbocycles. The molecule has 0 spiro atoms. The summed E-state index contributed by atoms with van der Waals surface area (Å²) in [5.74, 6) is -0.00361. The molecule has 0 unspecified atom stereocenters. The van der Waals surface area contributed by atoms with Crippen LogP contribution in [-0.4, -0.2) is 20.5 Å². The highest BCUT2D eigenvalue weighted by Gasteiger charge is 2.16. The number of halogens is 1. The van der Waals surface area contributed by atoms with Gasteiger partial charge in [0, 0.05) is 25.0 Å². The summed E-state index contributed by atoms with van der Waals surface area (Å²) in [7, 11) is 1.79. The van der Waals surface area contributed by atoms with Crippen LogP contribution in [0.25, 0.3) is 0 Å². The zero-order valence-electron chi connectivity index (χ0n) is 10.6. The molecule has 5 heteroatoms. The van der Waals surface area contributed by atoms with Crippen molar-refractivity contribution < 1.29 is 4.79 Å². The highest BCUT2D eigenvalue weighted by molar-refractivity contribution is 6.32. The number of carbonyl (C=O) groups is 1. The Morgan fingerprint density at radius 3 is 2.67 bits per heavy atom. The van der Waals surface area contributed by atoms with Crippen molar-refractivity contribution in [3.05, 3.63) is 46.0 Å². The summed E-state index contributed by atoms with van der Waals surface area (Å²) in [6, 6.07) is 1.83. The Kier molecular flexibility index (Phi) is 3.48. The lowest BCUT2D eigenvalue weighted by molar-refractivity contribution is 0.0990. The van der Waals surface area contributed by atoms with Gasteiger partial charge in [-0.15, -0.1) is 0 Å². The lowest BCUT2D eigenvalue weighted by atomic mass is 10.1. The van der Waals surface area contributed by atoms with Gasteiger partial charge in [-0.05, 0) is 25.5 Å². The fourth-order valence-electron chi connectivity index (χ4n) is 1.83. The Bertz CT molecular complexity index is 604. The van der Waals surface area contributed by atoms with Crippen LogP contribution >= 0.6 is 11.6 Å². The molecule has 2 rings (SSSR count). The molecule has 0 radical (unpaired) electrons. The molecule has 0 aromatic carbocycles. The third-order valence-corrected chi connectivity index (χ3v) is 3.28. The minimum Gasteiger partial charge on any atom is -0.294 e. The van der Waals surface area contributed by atoms with Crippen molar-refractivity contribution in [1.82, 2.24) is 14.8 Å². The first-order valence-corrected chi connectivity index (χ1v) is 5.99. The number of Topliss-reactive ketones (excluding diaryl/α,β-unsaturated/α-hetero) is 1. The fourth-order valence-corrected chi connectivity index (χ4v) is 2.06. The molecule has 0 atom stereocenters. The molecule has 2 aromatic rings. The van der Waals surface area contributed by atoms with Crippen molar-refractivity contribution >= 4 is 17.4 Å². The molecule has 2 aromatic heterocycles. The summed E-state index contributed by atoms with van der Waals surface area (Å²) in [6.45, 7) is 3.73. The molecule has 4 nitrogen and oxygen atoms in total. The SMILES string of the molecule is Cc1cncc(C(=O)Cc2c(Cl)c(C)nn2C)c1. The zero-order valence-corrected chi connectivity index (χ0v) is 11.3. The van der Waals surface area contributed by atoms with E-state index in [1.54, 1.807) is 24.1 Å². The number of hydrogen-bond acceptors (Lipinski definition) is 3. The van der Waals surface area contributed by atoms with E-state index in [2.05, 4.69) is 10.1 Å². The van der Waals surface area contributed by atoms with E-state index < -0.39 is 0 Å². The molecule has 0 N–H and O–H groups in total. The van der Waals surface area contributed by atoms with Gasteiger partial charge in [-0.3, -0.25) is 14.5 Å². The van der Waals surface area contributed by atoms with Crippen molar-refractivity contribution in [2.24, 2.45) is 7.05 Å². The van der Waals surface area contributed by atoms with Crippen molar-refractivity contribution in [1.29, 1.82) is 0 Å². The number of hydrogen-bond donors (Lipinski definition) is 0. The van der Waals surface area contributed by atoms with E-state index in [1.165, 1.54) is 0 Å². The molecule has 0 saturated heterocycles. The maximum absolute atomic E-state index is 12.1. The summed E-state index contributed by atoms with van der Waals surface area (Å²) < 4.78 is 1.65. The number of aryl methyl sites for hydroxylation is 3. The third kappa shape index (κ3) is 2.43. The number of aromatic nitrogens is 3. The monoisotopic (exact) mass is 263 g/mol. The van der Waals surface area contributed by atoms with Crippen LogP contribution in [0.4, 0.5) is 0 Å². The summed E-state index contributed by atoms with van der Waals surface area (Å²) >= 11 is 6.13. The average Bonchev–Trinajstić information content (AvgIpc) is 2.56. The molecule has 94 valence electrons. The second-order valence-corrected chi connectivity index (χ2v) is 4.70. The zero-order chi connectivity index (χ0) is 13.3. The van der Waals surface area contributed by atoms with Crippen LogP contribution in [0.2, 0.25) is 5.02 Å². The maximum atomic E-state index is 12.1. The van der Waals surface area contributed by atoms with E-state index in [1.807, 2.05) is 19.9 Å². The lowest BCUT2D eigenvalue weighted by Gasteiger charge is -2.03. The van der Waals surface area contributed by atoms with Gasteiger partial charge in [-0.1, -0.05) is 11.6 Å². The normalized spacial score (nSPS) is 10.7. The van der Waals surface area contributed by atoms with Crippen molar-refractivity contribution in [3.8, 4) is 0 Å². The number of nitrogens with zero attached hydrogens (tertiary/aromatic N) is 3. The molecule has 0 aliphatic rings. The molecule has 2 heterocycles. The van der Waals surface area contributed by atoms with Gasteiger partial charge in [0.1, 0.15) is 0 Å². The molecule has 0 aliphatic carbocycles. The molecular weight excluding hydrogens is 250 g/mol. The van der Waals surface area contributed by atoms with Crippen LogP contribution in [0.1, 0.15) is 27.3 Å². The van der Waals surface area contributed by atoms with E-state index in [4.69, 9.17) is 11.6 Å². The number of carbonyl (C=O) groups excluding carboxylic acids is 1. The van der Waals surface area contributed by atoms with Crippen LogP contribution in [0.5, 0.6) is 0 Å². The third-order valence-electron chi connectivity index (χ3n) is 2.79. The van der Waals surface area contributed by atoms with Crippen molar-refractivity contribution in [2.45, 2.75) is 20.3 Å². The first kappa shape index (κ1) is 12.8. The molecule has 0 fully saturated rings. The van der Waals surface area contributed by atoms with Crippen LogP contribution in [0, 0.1) is 13.8 Å². The molecule has 18 heavy (non-hydrogen) atoms. The van der Waals surface area contributed by atoms with E-state index in [-0.39, 0.29) is 12.2 Å². The summed E-state index contributed by atoms with van der Waals surface area (Å²) in [4.78, 5) is 16.2. The predicted octanol–water partition coefficient (Wildman–Crippen LogP) is 2.51. The molecule has 0 aliphatic heterocycles. The number of pyridine rings is 1. The topological polar surface area (TPSA) is 47.8 Å². The van der Waals surface area contributed by atoms with Gasteiger partial charge < -0.3 is 0 Å². The van der Waals surface area contributed by atoms with E-state index in [0.717, 1.165) is 17.0 Å². The standard InChI is InChI=1S/C13H14ClN3O/c1-8-4-10(7-15-6-8)12(18)5-11-13(14)9(2)16-17(11)3/h4,6-7H,5H2,1-3H3. The molecule has 0 bridgehead atoms. The van der Waals surface area contributed by atoms with E-state index >= 15 is 0 Å². The first-order valence-electron chi connectivity index (χ1n) is 5.62. The van der Waals surface area contributed by atoms with Gasteiger partial charge >= 0.3 is 0 Å². The quantitative estimate of drug-likeness (QED) is 0.800.